The summed E-state index contributed by atoms with van der Waals surface area (Å²) >= 11 is 0. The van der Waals surface area contributed by atoms with Crippen LogP contribution in [0, 0.1) is 0 Å². The Kier molecular flexibility index (Phi) is 6.86. The Balaban J connectivity index is 1.62. The number of aromatic nitrogens is 2. The van der Waals surface area contributed by atoms with Crippen LogP contribution in [0.3, 0.4) is 0 Å². The van der Waals surface area contributed by atoms with Gasteiger partial charge in [0.05, 0.1) is 18.4 Å². The molecule has 3 heterocycles. The monoisotopic (exact) mass is 553 g/mol. The van der Waals surface area contributed by atoms with Crippen LogP contribution in [-0.2, 0) is 12.6 Å². The number of ether oxygens (including phenoxy) is 1. The van der Waals surface area contributed by atoms with Crippen LogP contribution in [0.5, 0.6) is 5.75 Å². The first-order valence-corrected chi connectivity index (χ1v) is 12.5. The summed E-state index contributed by atoms with van der Waals surface area (Å²) in [6.07, 6.45) is -1.30. The van der Waals surface area contributed by atoms with Crippen LogP contribution in [0.2, 0.25) is 0 Å². The van der Waals surface area contributed by atoms with Gasteiger partial charge in [0, 0.05) is 50.5 Å². The molecule has 40 heavy (non-hydrogen) atoms. The minimum atomic E-state index is -4.82. The molecule has 2 aromatic carbocycles. The highest BCUT2D eigenvalue weighted by molar-refractivity contribution is 6.08. The summed E-state index contributed by atoms with van der Waals surface area (Å²) in [4.78, 5) is 43.8. The molecule has 1 aromatic heterocycles. The highest BCUT2D eigenvalue weighted by atomic mass is 19.4. The second-order valence-electron chi connectivity index (χ2n) is 9.60. The Hall–Kier alpha value is -4.61. The highest BCUT2D eigenvalue weighted by Crippen LogP contribution is 2.38. The molecule has 0 saturated carbocycles. The van der Waals surface area contributed by atoms with Crippen LogP contribution in [0.4, 0.5) is 18.9 Å². The lowest BCUT2D eigenvalue weighted by atomic mass is 10.0. The van der Waals surface area contributed by atoms with E-state index in [1.54, 1.807) is 38.4 Å². The molecule has 0 radical (unpaired) electrons. The average molecular weight is 554 g/mol. The van der Waals surface area contributed by atoms with E-state index in [4.69, 9.17) is 4.74 Å². The summed E-state index contributed by atoms with van der Waals surface area (Å²) in [6, 6.07) is 10.6. The number of hydrogen-bond donors (Lipinski definition) is 0. The van der Waals surface area contributed by atoms with E-state index < -0.39 is 23.7 Å². The predicted octanol–water partition coefficient (Wildman–Crippen LogP) is 3.82. The number of nitrogens with zero attached hydrogens (tertiary/aromatic N) is 5. The lowest BCUT2D eigenvalue weighted by molar-refractivity contribution is -0.141. The number of methoxy groups -OCH3 is 1. The third-order valence-electron chi connectivity index (χ3n) is 6.89. The molecule has 0 N–H and O–H groups in total. The first-order valence-electron chi connectivity index (χ1n) is 12.5. The number of anilines is 1. The molecule has 0 saturated heterocycles. The van der Waals surface area contributed by atoms with E-state index in [0.29, 0.717) is 30.1 Å². The molecule has 9 nitrogen and oxygen atoms in total. The van der Waals surface area contributed by atoms with Gasteiger partial charge in [-0.25, -0.2) is 4.68 Å². The van der Waals surface area contributed by atoms with Gasteiger partial charge in [0.1, 0.15) is 11.4 Å². The molecule has 0 spiro atoms. The molecular weight excluding hydrogens is 527 g/mol. The molecule has 208 valence electrons. The predicted molar refractivity (Wildman–Crippen MR) is 140 cm³/mol. The van der Waals surface area contributed by atoms with Gasteiger partial charge in [0.25, 0.3) is 17.7 Å². The molecule has 5 rings (SSSR count). The van der Waals surface area contributed by atoms with E-state index >= 15 is 0 Å². The van der Waals surface area contributed by atoms with Gasteiger partial charge >= 0.3 is 6.18 Å². The molecule has 12 heteroatoms. The maximum absolute atomic E-state index is 14.1. The number of rotatable bonds is 5. The van der Waals surface area contributed by atoms with E-state index in [1.807, 2.05) is 12.2 Å². The Morgan fingerprint density at radius 2 is 1.70 bits per heavy atom. The summed E-state index contributed by atoms with van der Waals surface area (Å²) in [7, 11) is 4.64. The van der Waals surface area contributed by atoms with Crippen LogP contribution in [0.15, 0.2) is 54.6 Å². The van der Waals surface area contributed by atoms with E-state index in [2.05, 4.69) is 5.10 Å². The van der Waals surface area contributed by atoms with Crippen molar-refractivity contribution in [2.24, 2.45) is 0 Å². The van der Waals surface area contributed by atoms with Gasteiger partial charge in [-0.2, -0.15) is 18.3 Å². The van der Waals surface area contributed by atoms with Crippen LogP contribution >= 0.6 is 0 Å². The minimum absolute atomic E-state index is 0.0184. The van der Waals surface area contributed by atoms with Crippen molar-refractivity contribution in [2.75, 3.05) is 45.7 Å². The van der Waals surface area contributed by atoms with E-state index in [1.165, 1.54) is 40.0 Å². The van der Waals surface area contributed by atoms with Gasteiger partial charge in [-0.05, 0) is 48.9 Å². The molecule has 3 amide bonds. The lowest BCUT2D eigenvalue weighted by Crippen LogP contribution is -2.39. The third-order valence-corrected chi connectivity index (χ3v) is 6.89. The molecule has 2 aliphatic rings. The Bertz CT molecular complexity index is 1520. The van der Waals surface area contributed by atoms with Crippen molar-refractivity contribution in [1.29, 1.82) is 0 Å². The molecule has 0 bridgehead atoms. The summed E-state index contributed by atoms with van der Waals surface area (Å²) in [5.41, 5.74) is -0.761. The molecule has 2 aliphatic heterocycles. The van der Waals surface area contributed by atoms with Crippen molar-refractivity contribution in [3.8, 4) is 11.4 Å². The fourth-order valence-electron chi connectivity index (χ4n) is 4.86. The topological polar surface area (TPSA) is 88.0 Å². The number of hydrogen-bond acceptors (Lipinski definition) is 5. The van der Waals surface area contributed by atoms with Crippen LogP contribution in [0.1, 0.15) is 42.5 Å². The fourth-order valence-corrected chi connectivity index (χ4v) is 4.86. The van der Waals surface area contributed by atoms with E-state index in [0.717, 1.165) is 4.68 Å². The zero-order valence-electron chi connectivity index (χ0n) is 22.0. The smallest absolute Gasteiger partial charge is 0.435 e. The number of halogens is 3. The highest BCUT2D eigenvalue weighted by Gasteiger charge is 2.44. The molecular formula is C28H26F3N5O4. The molecule has 0 fully saturated rings. The van der Waals surface area contributed by atoms with E-state index in [9.17, 15) is 27.6 Å². The number of benzene rings is 2. The van der Waals surface area contributed by atoms with Crippen molar-refractivity contribution in [3.05, 3.63) is 82.7 Å². The maximum atomic E-state index is 14.1. The zero-order chi connectivity index (χ0) is 28.8. The summed E-state index contributed by atoms with van der Waals surface area (Å²) in [5, 5.41) is 3.86. The number of carbonyl (C=O) groups excluding carboxylic acids is 3. The van der Waals surface area contributed by atoms with Gasteiger partial charge < -0.3 is 19.4 Å². The van der Waals surface area contributed by atoms with Crippen molar-refractivity contribution in [1.82, 2.24) is 19.6 Å². The van der Waals surface area contributed by atoms with Gasteiger partial charge in [-0.1, -0.05) is 12.2 Å². The number of carbonyl (C=O) groups is 3. The summed E-state index contributed by atoms with van der Waals surface area (Å²) in [6.45, 7) is 0.675. The van der Waals surface area contributed by atoms with Crippen molar-refractivity contribution >= 4 is 23.4 Å². The standard InChI is InChI=1S/C28H26F3N5O4/c1-33(2)25(37)17-6-8-18(9-7-17)35-15-12-20-23(27(35)39)36(32-24(20)28(29,30)31)22-11-10-19(40-3)16-21(22)26(38)34-13-4-5-14-34/h4-11,16H,12-15H2,1-3H3. The Labute approximate surface area is 228 Å². The molecule has 0 unspecified atom stereocenters. The zero-order valence-corrected chi connectivity index (χ0v) is 22.0. The Morgan fingerprint density at radius 3 is 2.30 bits per heavy atom. The first kappa shape index (κ1) is 27.0. The van der Waals surface area contributed by atoms with Gasteiger partial charge in [-0.3, -0.25) is 14.4 Å². The molecule has 0 atom stereocenters. The number of fused-ring (bicyclic) bond motifs is 1. The van der Waals surface area contributed by atoms with E-state index in [-0.39, 0.29) is 41.4 Å². The normalized spacial score (nSPS) is 14.9. The van der Waals surface area contributed by atoms with Crippen LogP contribution < -0.4 is 9.64 Å². The molecule has 0 aliphatic carbocycles. The molecule has 3 aromatic rings. The summed E-state index contributed by atoms with van der Waals surface area (Å²) in [5.74, 6) is -1.03. The second-order valence-corrected chi connectivity index (χ2v) is 9.60. The van der Waals surface area contributed by atoms with Crippen molar-refractivity contribution < 1.29 is 32.3 Å². The van der Waals surface area contributed by atoms with Crippen LogP contribution in [-0.4, -0.2) is 78.1 Å². The SMILES string of the molecule is COc1ccc(-n2nc(C(F)(F)F)c3c2C(=O)N(c2ccc(C(=O)N(C)C)cc2)CC3)c(C(=O)N2CC=CC2)c1. The second kappa shape index (κ2) is 10.2. The maximum Gasteiger partial charge on any atom is 0.435 e. The van der Waals surface area contributed by atoms with Gasteiger partial charge in [0.2, 0.25) is 0 Å². The van der Waals surface area contributed by atoms with Crippen molar-refractivity contribution in [3.63, 3.8) is 0 Å². The fraction of sp³-hybridized carbons (Fsp3) is 0.286. The van der Waals surface area contributed by atoms with Gasteiger partial charge in [0.15, 0.2) is 5.69 Å². The lowest BCUT2D eigenvalue weighted by Gasteiger charge is -2.28. The van der Waals surface area contributed by atoms with Crippen LogP contribution in [0.25, 0.3) is 5.69 Å². The quantitative estimate of drug-likeness (QED) is 0.449. The largest absolute Gasteiger partial charge is 0.497 e. The van der Waals surface area contributed by atoms with Gasteiger partial charge in [-0.15, -0.1) is 0 Å². The first-order chi connectivity index (χ1) is 19.0. The number of amides is 3. The average Bonchev–Trinajstić information content (AvgIpc) is 3.61. The Morgan fingerprint density at radius 1 is 1.02 bits per heavy atom. The minimum Gasteiger partial charge on any atom is -0.497 e. The summed E-state index contributed by atoms with van der Waals surface area (Å²) < 4.78 is 48.6. The van der Waals surface area contributed by atoms with Crippen molar-refractivity contribution in [2.45, 2.75) is 12.6 Å². The third kappa shape index (κ3) is 4.69. The number of alkyl halides is 3.